The van der Waals surface area contributed by atoms with E-state index in [2.05, 4.69) is 26.7 Å². The number of ether oxygens (including phenoxy) is 1. The first kappa shape index (κ1) is 18.9. The second-order valence-corrected chi connectivity index (χ2v) is 9.04. The molecule has 5 heterocycles. The Kier molecular flexibility index (Phi) is 4.99. The van der Waals surface area contributed by atoms with E-state index in [4.69, 9.17) is 10.5 Å². The maximum atomic E-state index is 12.8. The van der Waals surface area contributed by atoms with E-state index in [0.717, 1.165) is 62.6 Å². The molecule has 3 aliphatic heterocycles. The summed E-state index contributed by atoms with van der Waals surface area (Å²) >= 11 is 1.77. The molecule has 154 valence electrons. The van der Waals surface area contributed by atoms with E-state index in [0.29, 0.717) is 12.4 Å². The average Bonchev–Trinajstić information content (AvgIpc) is 3.21. The lowest BCUT2D eigenvalue weighted by Crippen LogP contribution is -2.58. The number of hydrogen-bond donors (Lipinski definition) is 3. The van der Waals surface area contributed by atoms with E-state index >= 15 is 0 Å². The molecule has 2 aromatic heterocycles. The SMILES string of the molecule is Nc1cnc(-c2cc3c(s2)CCOC32CCN(C(=O)[C@@H]3CNCCN3)CC2)cn1. The summed E-state index contributed by atoms with van der Waals surface area (Å²) in [5.41, 5.74) is 7.50. The number of nitrogens with zero attached hydrogens (tertiary/aromatic N) is 3. The van der Waals surface area contributed by atoms with Crippen LogP contribution in [-0.2, 0) is 21.6 Å². The Hall–Kier alpha value is -2.07. The predicted molar refractivity (Wildman–Crippen MR) is 112 cm³/mol. The molecule has 3 aliphatic rings. The van der Waals surface area contributed by atoms with Gasteiger partial charge in [0.2, 0.25) is 5.91 Å². The van der Waals surface area contributed by atoms with Crippen molar-refractivity contribution < 1.29 is 9.53 Å². The van der Waals surface area contributed by atoms with Gasteiger partial charge in [-0.2, -0.15) is 0 Å². The van der Waals surface area contributed by atoms with Crippen LogP contribution >= 0.6 is 11.3 Å². The minimum atomic E-state index is -0.293. The molecule has 4 N–H and O–H groups in total. The van der Waals surface area contributed by atoms with Crippen LogP contribution in [0.3, 0.4) is 0 Å². The first-order valence-corrected chi connectivity index (χ1v) is 11.0. The van der Waals surface area contributed by atoms with Gasteiger partial charge in [-0.1, -0.05) is 0 Å². The van der Waals surface area contributed by atoms with Gasteiger partial charge in [0.25, 0.3) is 0 Å². The molecule has 5 rings (SSSR count). The van der Waals surface area contributed by atoms with Crippen molar-refractivity contribution in [1.29, 1.82) is 0 Å². The Bertz CT molecular complexity index is 885. The molecule has 0 unspecified atom stereocenters. The number of carbonyl (C=O) groups excluding carboxylic acids is 1. The predicted octanol–water partition coefficient (Wildman–Crippen LogP) is 0.739. The topological polar surface area (TPSA) is 105 Å². The van der Waals surface area contributed by atoms with E-state index in [9.17, 15) is 4.79 Å². The van der Waals surface area contributed by atoms with Crippen LogP contribution in [0.15, 0.2) is 18.5 Å². The number of fused-ring (bicyclic) bond motifs is 2. The van der Waals surface area contributed by atoms with Crippen molar-refractivity contribution in [2.45, 2.75) is 30.9 Å². The van der Waals surface area contributed by atoms with Gasteiger partial charge < -0.3 is 26.0 Å². The van der Waals surface area contributed by atoms with E-state index in [-0.39, 0.29) is 17.6 Å². The van der Waals surface area contributed by atoms with Crippen LogP contribution in [0.4, 0.5) is 5.82 Å². The summed E-state index contributed by atoms with van der Waals surface area (Å²) in [6, 6.07) is 2.10. The molecule has 1 amide bonds. The number of nitrogens with two attached hydrogens (primary N) is 1. The van der Waals surface area contributed by atoms with Crippen molar-refractivity contribution in [2.24, 2.45) is 0 Å². The molecule has 0 aromatic carbocycles. The highest BCUT2D eigenvalue weighted by Gasteiger charge is 2.43. The van der Waals surface area contributed by atoms with Crippen LogP contribution in [0.5, 0.6) is 0 Å². The van der Waals surface area contributed by atoms with Gasteiger partial charge in [-0.25, -0.2) is 9.97 Å². The normalized spacial score (nSPS) is 23.7. The number of likely N-dealkylation sites (tertiary alicyclic amines) is 1. The van der Waals surface area contributed by atoms with Crippen molar-refractivity contribution >= 4 is 23.1 Å². The minimum Gasteiger partial charge on any atom is -0.382 e. The Balaban J connectivity index is 1.34. The molecule has 0 radical (unpaired) electrons. The number of carbonyl (C=O) groups is 1. The Morgan fingerprint density at radius 1 is 1.28 bits per heavy atom. The molecule has 2 fully saturated rings. The first-order chi connectivity index (χ1) is 14.1. The van der Waals surface area contributed by atoms with Gasteiger partial charge in [0.1, 0.15) is 5.82 Å². The maximum Gasteiger partial charge on any atom is 0.241 e. The van der Waals surface area contributed by atoms with Gasteiger partial charge in [-0.15, -0.1) is 11.3 Å². The fourth-order valence-electron chi connectivity index (χ4n) is 4.56. The number of piperazine rings is 1. The molecule has 8 nitrogen and oxygen atoms in total. The summed E-state index contributed by atoms with van der Waals surface area (Å²) < 4.78 is 6.36. The Labute approximate surface area is 173 Å². The smallest absolute Gasteiger partial charge is 0.241 e. The molecular formula is C20H26N6O2S. The number of amides is 1. The third kappa shape index (κ3) is 3.52. The molecule has 0 bridgehead atoms. The Morgan fingerprint density at radius 2 is 2.14 bits per heavy atom. The highest BCUT2D eigenvalue weighted by molar-refractivity contribution is 7.15. The minimum absolute atomic E-state index is 0.113. The van der Waals surface area contributed by atoms with Crippen molar-refractivity contribution in [1.82, 2.24) is 25.5 Å². The third-order valence-electron chi connectivity index (χ3n) is 6.15. The molecular weight excluding hydrogens is 388 g/mol. The summed E-state index contributed by atoms with van der Waals surface area (Å²) in [6.07, 6.45) is 5.90. The second-order valence-electron chi connectivity index (χ2n) is 7.90. The fraction of sp³-hybridized carbons (Fsp3) is 0.550. The lowest BCUT2D eigenvalue weighted by molar-refractivity contribution is -0.142. The van der Waals surface area contributed by atoms with Crippen molar-refractivity contribution in [3.63, 3.8) is 0 Å². The molecule has 1 atom stereocenters. The zero-order chi connectivity index (χ0) is 19.8. The van der Waals surface area contributed by atoms with E-state index in [1.54, 1.807) is 23.7 Å². The first-order valence-electron chi connectivity index (χ1n) is 10.2. The lowest BCUT2D eigenvalue weighted by atomic mass is 9.82. The second kappa shape index (κ2) is 7.64. The summed E-state index contributed by atoms with van der Waals surface area (Å²) in [7, 11) is 0. The number of aromatic nitrogens is 2. The van der Waals surface area contributed by atoms with Crippen LogP contribution in [-0.4, -0.2) is 66.1 Å². The molecule has 29 heavy (non-hydrogen) atoms. The highest BCUT2D eigenvalue weighted by atomic mass is 32.1. The van der Waals surface area contributed by atoms with Gasteiger partial charge in [0.05, 0.1) is 41.2 Å². The van der Waals surface area contributed by atoms with Gasteiger partial charge >= 0.3 is 0 Å². The monoisotopic (exact) mass is 414 g/mol. The lowest BCUT2D eigenvalue weighted by Gasteiger charge is -2.44. The van der Waals surface area contributed by atoms with E-state index in [1.807, 2.05) is 4.90 Å². The fourth-order valence-corrected chi connectivity index (χ4v) is 5.75. The largest absolute Gasteiger partial charge is 0.382 e. The van der Waals surface area contributed by atoms with Crippen LogP contribution in [0, 0.1) is 0 Å². The number of hydrogen-bond acceptors (Lipinski definition) is 8. The van der Waals surface area contributed by atoms with Gasteiger partial charge in [-0.05, 0) is 24.5 Å². The molecule has 1 spiro atoms. The molecule has 0 aliphatic carbocycles. The quantitative estimate of drug-likeness (QED) is 0.666. The van der Waals surface area contributed by atoms with E-state index in [1.165, 1.54) is 10.4 Å². The zero-order valence-electron chi connectivity index (χ0n) is 16.3. The number of anilines is 1. The maximum absolute atomic E-state index is 12.8. The summed E-state index contributed by atoms with van der Waals surface area (Å²) in [5, 5.41) is 6.62. The summed E-state index contributed by atoms with van der Waals surface area (Å²) in [6.45, 7) is 4.64. The van der Waals surface area contributed by atoms with Crippen LogP contribution in [0.1, 0.15) is 23.3 Å². The molecule has 0 saturated carbocycles. The van der Waals surface area contributed by atoms with Gasteiger partial charge in [-0.3, -0.25) is 4.79 Å². The summed E-state index contributed by atoms with van der Waals surface area (Å²) in [5.74, 6) is 0.626. The standard InChI is InChI=1S/C20H26N6O2S/c21-18-12-24-14(11-25-18)17-9-13-16(29-17)1-8-28-20(13)2-6-26(7-3-20)19(27)15-10-22-4-5-23-15/h9,11-12,15,22-23H,1-8,10H2,(H2,21,25)/t15-/m0/s1. The third-order valence-corrected chi connectivity index (χ3v) is 7.37. The van der Waals surface area contributed by atoms with Gasteiger partial charge in [0, 0.05) is 44.0 Å². The molecule has 2 aromatic rings. The number of nitrogens with one attached hydrogen (secondary N) is 2. The number of nitrogen functional groups attached to an aromatic ring is 1. The van der Waals surface area contributed by atoms with Crippen LogP contribution in [0.25, 0.3) is 10.6 Å². The van der Waals surface area contributed by atoms with Crippen molar-refractivity contribution in [3.8, 4) is 10.6 Å². The van der Waals surface area contributed by atoms with Crippen LogP contribution in [0.2, 0.25) is 0 Å². The van der Waals surface area contributed by atoms with E-state index < -0.39 is 0 Å². The van der Waals surface area contributed by atoms with Gasteiger partial charge in [0.15, 0.2) is 0 Å². The molecule has 9 heteroatoms. The molecule has 2 saturated heterocycles. The Morgan fingerprint density at radius 3 is 2.86 bits per heavy atom. The highest BCUT2D eigenvalue weighted by Crippen LogP contribution is 2.46. The van der Waals surface area contributed by atoms with Crippen molar-refractivity contribution in [3.05, 3.63) is 28.9 Å². The number of piperidine rings is 1. The zero-order valence-corrected chi connectivity index (χ0v) is 17.1. The average molecular weight is 415 g/mol. The number of rotatable bonds is 2. The van der Waals surface area contributed by atoms with Crippen molar-refractivity contribution in [2.75, 3.05) is 45.1 Å². The van der Waals surface area contributed by atoms with Crippen LogP contribution < -0.4 is 16.4 Å². The summed E-state index contributed by atoms with van der Waals surface area (Å²) in [4.78, 5) is 25.9. The number of thiophene rings is 1.